The minimum absolute atomic E-state index is 0.181. The van der Waals surface area contributed by atoms with E-state index in [2.05, 4.69) is 5.32 Å². The summed E-state index contributed by atoms with van der Waals surface area (Å²) in [5, 5.41) is 2.73. The largest absolute Gasteiger partial charge is 0.397 e. The van der Waals surface area contributed by atoms with E-state index in [9.17, 15) is 14.4 Å². The van der Waals surface area contributed by atoms with Crippen LogP contribution in [0.5, 0.6) is 0 Å². The molecule has 3 N–H and O–H groups in total. The molecule has 0 unspecified atom stereocenters. The lowest BCUT2D eigenvalue weighted by molar-refractivity contribution is -0.115. The molecule has 26 heavy (non-hydrogen) atoms. The molecule has 3 rings (SSSR count). The van der Waals surface area contributed by atoms with Crippen LogP contribution in [0, 0.1) is 0 Å². The number of fused-ring (bicyclic) bond motifs is 1. The van der Waals surface area contributed by atoms with E-state index in [0.717, 1.165) is 0 Å². The number of benzene rings is 2. The van der Waals surface area contributed by atoms with Gasteiger partial charge in [0.05, 0.1) is 22.5 Å². The highest BCUT2D eigenvalue weighted by atomic mass is 16.2. The first kappa shape index (κ1) is 17.4. The summed E-state index contributed by atoms with van der Waals surface area (Å²) in [4.78, 5) is 37.6. The Morgan fingerprint density at radius 2 is 1.58 bits per heavy atom. The van der Waals surface area contributed by atoms with Crippen molar-refractivity contribution >= 4 is 29.1 Å². The van der Waals surface area contributed by atoms with Gasteiger partial charge in [0.25, 0.3) is 11.8 Å². The molecular formula is C20H19N3O3. The minimum atomic E-state index is -0.267. The van der Waals surface area contributed by atoms with E-state index in [1.54, 1.807) is 60.7 Å². The van der Waals surface area contributed by atoms with Crippen molar-refractivity contribution in [2.75, 3.05) is 17.6 Å². The first-order chi connectivity index (χ1) is 12.6. The average molecular weight is 349 g/mol. The molecule has 3 amide bonds. The van der Waals surface area contributed by atoms with Crippen LogP contribution in [-0.4, -0.2) is 29.2 Å². The molecule has 0 aliphatic carbocycles. The zero-order chi connectivity index (χ0) is 18.5. The van der Waals surface area contributed by atoms with Crippen molar-refractivity contribution in [2.45, 2.75) is 12.8 Å². The molecule has 0 radical (unpaired) electrons. The molecule has 0 aromatic heterocycles. The van der Waals surface area contributed by atoms with Crippen molar-refractivity contribution in [3.63, 3.8) is 0 Å². The summed E-state index contributed by atoms with van der Waals surface area (Å²) >= 11 is 0. The van der Waals surface area contributed by atoms with Gasteiger partial charge in [-0.05, 0) is 30.7 Å². The van der Waals surface area contributed by atoms with Gasteiger partial charge in [-0.3, -0.25) is 19.3 Å². The molecule has 1 heterocycles. The number of hydrogen-bond acceptors (Lipinski definition) is 4. The summed E-state index contributed by atoms with van der Waals surface area (Å²) in [6.07, 6.45) is 4.19. The van der Waals surface area contributed by atoms with Crippen LogP contribution in [0.3, 0.4) is 0 Å². The summed E-state index contributed by atoms with van der Waals surface area (Å²) in [6.45, 7) is 0.288. The number of para-hydroxylation sites is 2. The summed E-state index contributed by atoms with van der Waals surface area (Å²) in [7, 11) is 0. The van der Waals surface area contributed by atoms with Crippen LogP contribution in [0.2, 0.25) is 0 Å². The zero-order valence-corrected chi connectivity index (χ0v) is 14.1. The molecule has 6 heteroatoms. The molecule has 1 aliphatic heterocycles. The van der Waals surface area contributed by atoms with E-state index >= 15 is 0 Å². The van der Waals surface area contributed by atoms with Gasteiger partial charge in [0, 0.05) is 13.0 Å². The third-order valence-electron chi connectivity index (χ3n) is 4.10. The van der Waals surface area contributed by atoms with Gasteiger partial charge < -0.3 is 11.1 Å². The lowest BCUT2D eigenvalue weighted by atomic mass is 10.1. The quantitative estimate of drug-likeness (QED) is 0.476. The highest BCUT2D eigenvalue weighted by molar-refractivity contribution is 6.21. The van der Waals surface area contributed by atoms with E-state index in [4.69, 9.17) is 5.73 Å². The smallest absolute Gasteiger partial charge is 0.261 e. The van der Waals surface area contributed by atoms with E-state index in [-0.39, 0.29) is 30.7 Å². The van der Waals surface area contributed by atoms with Crippen LogP contribution < -0.4 is 11.1 Å². The summed E-state index contributed by atoms with van der Waals surface area (Å²) in [5.41, 5.74) is 7.76. The standard InChI is InChI=1S/C20H19N3O3/c21-16-10-5-6-11-17(16)22-18(24)12-2-1-7-13-23-19(25)14-8-3-4-9-15(14)20(23)26/h1-6,8-11H,7,12-13,21H2,(H,22,24). The number of nitrogens with zero attached hydrogens (tertiary/aromatic N) is 1. The fourth-order valence-electron chi connectivity index (χ4n) is 2.77. The Labute approximate surface area is 151 Å². The van der Waals surface area contributed by atoms with E-state index < -0.39 is 0 Å². The lowest BCUT2D eigenvalue weighted by Gasteiger charge is -2.11. The number of carbonyl (C=O) groups excluding carboxylic acids is 3. The zero-order valence-electron chi connectivity index (χ0n) is 14.1. The highest BCUT2D eigenvalue weighted by Crippen LogP contribution is 2.22. The normalized spacial score (nSPS) is 13.3. The van der Waals surface area contributed by atoms with E-state index in [1.807, 2.05) is 0 Å². The van der Waals surface area contributed by atoms with Gasteiger partial charge in [-0.15, -0.1) is 0 Å². The Bertz CT molecular complexity index is 854. The number of nitrogens with one attached hydrogen (secondary N) is 1. The predicted octanol–water partition coefficient (Wildman–Crippen LogP) is 2.84. The second-order valence-electron chi connectivity index (χ2n) is 5.91. The second kappa shape index (κ2) is 7.65. The van der Waals surface area contributed by atoms with Crippen molar-refractivity contribution in [3.8, 4) is 0 Å². The number of imide groups is 1. The van der Waals surface area contributed by atoms with Crippen LogP contribution >= 0.6 is 0 Å². The number of nitrogen functional groups attached to an aromatic ring is 1. The predicted molar refractivity (Wildman–Crippen MR) is 99.7 cm³/mol. The minimum Gasteiger partial charge on any atom is -0.397 e. The average Bonchev–Trinajstić information content (AvgIpc) is 2.88. The van der Waals surface area contributed by atoms with Crippen molar-refractivity contribution in [3.05, 3.63) is 71.8 Å². The van der Waals surface area contributed by atoms with Crippen molar-refractivity contribution in [1.82, 2.24) is 4.90 Å². The maximum Gasteiger partial charge on any atom is 0.261 e. The van der Waals surface area contributed by atoms with Gasteiger partial charge in [-0.2, -0.15) is 0 Å². The van der Waals surface area contributed by atoms with Crippen LogP contribution in [0.15, 0.2) is 60.7 Å². The fourth-order valence-corrected chi connectivity index (χ4v) is 2.77. The second-order valence-corrected chi connectivity index (χ2v) is 5.91. The molecule has 0 fully saturated rings. The van der Waals surface area contributed by atoms with Crippen LogP contribution in [0.1, 0.15) is 33.6 Å². The van der Waals surface area contributed by atoms with Gasteiger partial charge >= 0.3 is 0 Å². The third-order valence-corrected chi connectivity index (χ3v) is 4.10. The number of hydrogen-bond donors (Lipinski definition) is 2. The Morgan fingerprint density at radius 3 is 2.23 bits per heavy atom. The van der Waals surface area contributed by atoms with Crippen molar-refractivity contribution in [2.24, 2.45) is 0 Å². The van der Waals surface area contributed by atoms with Gasteiger partial charge in [0.15, 0.2) is 0 Å². The van der Waals surface area contributed by atoms with Crippen LogP contribution in [0.4, 0.5) is 11.4 Å². The fraction of sp³-hybridized carbons (Fsp3) is 0.150. The molecule has 0 atom stereocenters. The lowest BCUT2D eigenvalue weighted by Crippen LogP contribution is -2.30. The third kappa shape index (κ3) is 3.64. The number of nitrogens with two attached hydrogens (primary N) is 1. The first-order valence-electron chi connectivity index (χ1n) is 8.32. The summed E-state index contributed by atoms with van der Waals surface area (Å²) in [5.74, 6) is -0.715. The van der Waals surface area contributed by atoms with Crippen molar-refractivity contribution < 1.29 is 14.4 Å². The van der Waals surface area contributed by atoms with Crippen LogP contribution in [-0.2, 0) is 4.79 Å². The SMILES string of the molecule is Nc1ccccc1NC(=O)CC=CCCN1C(=O)c2ccccc2C1=O. The Kier molecular flexibility index (Phi) is 5.12. The molecule has 2 aromatic rings. The molecule has 132 valence electrons. The summed E-state index contributed by atoms with van der Waals surface area (Å²) < 4.78 is 0. The summed E-state index contributed by atoms with van der Waals surface area (Å²) in [6, 6.07) is 13.8. The molecule has 0 bridgehead atoms. The Morgan fingerprint density at radius 1 is 0.962 bits per heavy atom. The molecule has 0 saturated heterocycles. The Balaban J connectivity index is 1.47. The van der Waals surface area contributed by atoms with Crippen molar-refractivity contribution in [1.29, 1.82) is 0 Å². The monoisotopic (exact) mass is 349 g/mol. The molecule has 0 saturated carbocycles. The molecule has 1 aliphatic rings. The Hall–Kier alpha value is -3.41. The van der Waals surface area contributed by atoms with Crippen LogP contribution in [0.25, 0.3) is 0 Å². The highest BCUT2D eigenvalue weighted by Gasteiger charge is 2.34. The van der Waals surface area contributed by atoms with Gasteiger partial charge in [-0.25, -0.2) is 0 Å². The topological polar surface area (TPSA) is 92.5 Å². The molecule has 2 aromatic carbocycles. The first-order valence-corrected chi connectivity index (χ1v) is 8.32. The number of carbonyl (C=O) groups is 3. The maximum atomic E-state index is 12.2. The number of rotatable bonds is 6. The molecule has 0 spiro atoms. The number of amides is 3. The van der Waals surface area contributed by atoms with Gasteiger partial charge in [0.2, 0.25) is 5.91 Å². The van der Waals surface area contributed by atoms with E-state index in [1.165, 1.54) is 4.90 Å². The molecule has 6 nitrogen and oxygen atoms in total. The maximum absolute atomic E-state index is 12.2. The molecular weight excluding hydrogens is 330 g/mol. The van der Waals surface area contributed by atoms with Gasteiger partial charge in [0.1, 0.15) is 0 Å². The van der Waals surface area contributed by atoms with E-state index in [0.29, 0.717) is 28.9 Å². The number of anilines is 2. The van der Waals surface area contributed by atoms with Gasteiger partial charge in [-0.1, -0.05) is 36.4 Å².